The molecule has 0 atom stereocenters. The molecule has 0 aliphatic rings. The highest BCUT2D eigenvalue weighted by Gasteiger charge is 2.12. The summed E-state index contributed by atoms with van der Waals surface area (Å²) in [6.07, 6.45) is 0. The van der Waals surface area contributed by atoms with Gasteiger partial charge in [-0.15, -0.1) is 0 Å². The molecule has 0 aliphatic carbocycles. The summed E-state index contributed by atoms with van der Waals surface area (Å²) in [6, 6.07) is 7.55. The molecule has 0 amide bonds. The zero-order valence-corrected chi connectivity index (χ0v) is 12.6. The van der Waals surface area contributed by atoms with Crippen LogP contribution in [0.5, 0.6) is 0 Å². The molecular weight excluding hydrogens is 342 g/mol. The summed E-state index contributed by atoms with van der Waals surface area (Å²) < 4.78 is 27.8. The summed E-state index contributed by atoms with van der Waals surface area (Å²) in [4.78, 5) is 3.88. The predicted octanol–water partition coefficient (Wildman–Crippen LogP) is 4.17. The largest absolute Gasteiger partial charge is 0.368 e. The second kappa shape index (κ2) is 6.50. The van der Waals surface area contributed by atoms with Gasteiger partial charge < -0.3 is 10.6 Å². The highest BCUT2D eigenvalue weighted by molar-refractivity contribution is 9.10. The van der Waals surface area contributed by atoms with E-state index in [1.165, 1.54) is 0 Å². The lowest BCUT2D eigenvalue weighted by Crippen LogP contribution is -2.06. The molecule has 1 aromatic carbocycles. The number of hydrogen-bond acceptors (Lipinski definition) is 4. The molecule has 0 saturated heterocycles. The van der Waals surface area contributed by atoms with Crippen molar-refractivity contribution in [1.29, 1.82) is 5.26 Å². The van der Waals surface area contributed by atoms with Crippen molar-refractivity contribution < 1.29 is 8.78 Å². The Morgan fingerprint density at radius 1 is 1.24 bits per heavy atom. The molecule has 0 unspecified atom stereocenters. The Balaban J connectivity index is 2.35. The van der Waals surface area contributed by atoms with Crippen molar-refractivity contribution in [2.45, 2.75) is 6.92 Å². The Labute approximate surface area is 128 Å². The fourth-order valence-corrected chi connectivity index (χ4v) is 2.14. The predicted molar refractivity (Wildman–Crippen MR) is 80.5 cm³/mol. The number of rotatable bonds is 4. The second-order valence-corrected chi connectivity index (χ2v) is 4.97. The van der Waals surface area contributed by atoms with Crippen LogP contribution in [0.3, 0.4) is 0 Å². The summed E-state index contributed by atoms with van der Waals surface area (Å²) in [5.74, 6) is -1.67. The van der Waals surface area contributed by atoms with Crippen LogP contribution < -0.4 is 10.6 Å². The summed E-state index contributed by atoms with van der Waals surface area (Å²) in [5, 5.41) is 14.3. The Kier molecular flexibility index (Phi) is 4.70. The summed E-state index contributed by atoms with van der Waals surface area (Å²) in [7, 11) is 0. The van der Waals surface area contributed by atoms with Gasteiger partial charge in [-0.2, -0.15) is 5.26 Å². The van der Waals surface area contributed by atoms with Crippen LogP contribution in [0.4, 0.5) is 26.1 Å². The topological polar surface area (TPSA) is 60.7 Å². The molecule has 4 nitrogen and oxygen atoms in total. The molecule has 0 radical (unpaired) electrons. The number of benzene rings is 1. The van der Waals surface area contributed by atoms with Gasteiger partial charge in [-0.05, 0) is 41.1 Å². The summed E-state index contributed by atoms with van der Waals surface area (Å²) in [5.41, 5.74) is 0.989. The lowest BCUT2D eigenvalue weighted by Gasteiger charge is -2.11. The van der Waals surface area contributed by atoms with E-state index in [-0.39, 0.29) is 11.6 Å². The van der Waals surface area contributed by atoms with Crippen LogP contribution in [-0.2, 0) is 0 Å². The highest BCUT2D eigenvalue weighted by Crippen LogP contribution is 2.28. The van der Waals surface area contributed by atoms with Crippen LogP contribution in [0.25, 0.3) is 0 Å². The first kappa shape index (κ1) is 15.2. The number of anilines is 3. The number of nitriles is 1. The van der Waals surface area contributed by atoms with Crippen molar-refractivity contribution in [3.8, 4) is 6.07 Å². The van der Waals surface area contributed by atoms with Crippen molar-refractivity contribution in [2.24, 2.45) is 0 Å². The monoisotopic (exact) mass is 352 g/mol. The molecular formula is C14H11BrF2N4. The SMILES string of the molecule is CCNc1nc(Nc2ccc(C#N)cc2Br)c(F)cc1F. The van der Waals surface area contributed by atoms with E-state index in [0.29, 0.717) is 22.3 Å². The lowest BCUT2D eigenvalue weighted by molar-refractivity contribution is 0.579. The lowest BCUT2D eigenvalue weighted by atomic mass is 10.2. The number of aromatic nitrogens is 1. The first-order valence-electron chi connectivity index (χ1n) is 6.11. The van der Waals surface area contributed by atoms with E-state index in [1.54, 1.807) is 25.1 Å². The average molecular weight is 353 g/mol. The van der Waals surface area contributed by atoms with Gasteiger partial charge in [-0.1, -0.05) is 0 Å². The van der Waals surface area contributed by atoms with E-state index < -0.39 is 11.6 Å². The first-order chi connectivity index (χ1) is 10.0. The molecule has 2 aromatic rings. The smallest absolute Gasteiger partial charge is 0.169 e. The molecule has 2 rings (SSSR count). The average Bonchev–Trinajstić information content (AvgIpc) is 2.46. The molecule has 0 saturated carbocycles. The van der Waals surface area contributed by atoms with Crippen LogP contribution in [-0.4, -0.2) is 11.5 Å². The zero-order valence-electron chi connectivity index (χ0n) is 11.0. The fourth-order valence-electron chi connectivity index (χ4n) is 1.66. The van der Waals surface area contributed by atoms with Crippen LogP contribution in [0.1, 0.15) is 12.5 Å². The first-order valence-corrected chi connectivity index (χ1v) is 6.91. The molecule has 2 N–H and O–H groups in total. The van der Waals surface area contributed by atoms with Crippen molar-refractivity contribution >= 4 is 33.3 Å². The van der Waals surface area contributed by atoms with Gasteiger partial charge in [0.2, 0.25) is 0 Å². The number of nitrogens with one attached hydrogen (secondary N) is 2. The third-order valence-electron chi connectivity index (χ3n) is 2.62. The quantitative estimate of drug-likeness (QED) is 0.866. The van der Waals surface area contributed by atoms with Gasteiger partial charge in [0.05, 0.1) is 17.3 Å². The molecule has 21 heavy (non-hydrogen) atoms. The summed E-state index contributed by atoms with van der Waals surface area (Å²) >= 11 is 3.28. The maximum absolute atomic E-state index is 13.8. The zero-order chi connectivity index (χ0) is 15.4. The van der Waals surface area contributed by atoms with Gasteiger partial charge in [0.15, 0.2) is 23.3 Å². The molecule has 1 aromatic heterocycles. The third kappa shape index (κ3) is 3.47. The summed E-state index contributed by atoms with van der Waals surface area (Å²) in [6.45, 7) is 2.25. The molecule has 0 aliphatic heterocycles. The van der Waals surface area contributed by atoms with Gasteiger partial charge in [-0.3, -0.25) is 0 Å². The van der Waals surface area contributed by atoms with Crippen molar-refractivity contribution in [3.63, 3.8) is 0 Å². The maximum atomic E-state index is 13.8. The molecule has 0 fully saturated rings. The van der Waals surface area contributed by atoms with E-state index in [2.05, 4.69) is 31.5 Å². The van der Waals surface area contributed by atoms with Crippen LogP contribution in [0.15, 0.2) is 28.7 Å². The Morgan fingerprint density at radius 2 is 1.95 bits per heavy atom. The molecule has 0 spiro atoms. The van der Waals surface area contributed by atoms with Crippen LogP contribution in [0, 0.1) is 23.0 Å². The number of pyridine rings is 1. The number of hydrogen-bond donors (Lipinski definition) is 2. The molecule has 7 heteroatoms. The third-order valence-corrected chi connectivity index (χ3v) is 3.28. The minimum Gasteiger partial charge on any atom is -0.368 e. The standard InChI is InChI=1S/C14H11BrF2N4/c1-2-19-13-10(16)6-11(17)14(21-13)20-12-4-3-8(7-18)5-9(12)15/h3-6H,2H2,1H3,(H2,19,20,21). The van der Waals surface area contributed by atoms with E-state index in [9.17, 15) is 8.78 Å². The van der Waals surface area contributed by atoms with Gasteiger partial charge in [-0.25, -0.2) is 13.8 Å². The molecule has 1 heterocycles. The number of halogens is 3. The minimum absolute atomic E-state index is 0.0221. The highest BCUT2D eigenvalue weighted by atomic mass is 79.9. The van der Waals surface area contributed by atoms with E-state index in [4.69, 9.17) is 5.26 Å². The van der Waals surface area contributed by atoms with E-state index in [0.717, 1.165) is 6.07 Å². The van der Waals surface area contributed by atoms with Crippen LogP contribution >= 0.6 is 15.9 Å². The second-order valence-electron chi connectivity index (χ2n) is 4.11. The molecule has 108 valence electrons. The molecule has 0 bridgehead atoms. The van der Waals surface area contributed by atoms with Gasteiger partial charge in [0.25, 0.3) is 0 Å². The van der Waals surface area contributed by atoms with Crippen molar-refractivity contribution in [2.75, 3.05) is 17.2 Å². The van der Waals surface area contributed by atoms with Crippen molar-refractivity contribution in [1.82, 2.24) is 4.98 Å². The van der Waals surface area contributed by atoms with Gasteiger partial charge in [0, 0.05) is 17.1 Å². The normalized spacial score (nSPS) is 10.0. The van der Waals surface area contributed by atoms with Gasteiger partial charge in [0.1, 0.15) is 0 Å². The Hall–Kier alpha value is -2.20. The Morgan fingerprint density at radius 3 is 2.57 bits per heavy atom. The number of nitrogens with zero attached hydrogens (tertiary/aromatic N) is 2. The maximum Gasteiger partial charge on any atom is 0.169 e. The van der Waals surface area contributed by atoms with Crippen molar-refractivity contribution in [3.05, 3.63) is 45.9 Å². The van der Waals surface area contributed by atoms with Crippen LogP contribution in [0.2, 0.25) is 0 Å². The van der Waals surface area contributed by atoms with E-state index in [1.807, 2.05) is 6.07 Å². The van der Waals surface area contributed by atoms with E-state index >= 15 is 0 Å². The Bertz CT molecular complexity index is 713. The fraction of sp³-hybridized carbons (Fsp3) is 0.143. The van der Waals surface area contributed by atoms with Gasteiger partial charge >= 0.3 is 0 Å². The minimum atomic E-state index is -0.801.